The van der Waals surface area contributed by atoms with E-state index in [-0.39, 0.29) is 35.9 Å². The number of rotatable bonds is 3. The lowest BCUT2D eigenvalue weighted by Crippen LogP contribution is -2.49. The van der Waals surface area contributed by atoms with Gasteiger partial charge in [-0.15, -0.1) is 24.0 Å². The van der Waals surface area contributed by atoms with Crippen molar-refractivity contribution in [2.75, 3.05) is 26.7 Å². The normalized spacial score (nSPS) is 23.8. The molecule has 1 saturated carbocycles. The quantitative estimate of drug-likeness (QED) is 0.289. The number of esters is 1. The fraction of sp³-hybridized carbons (Fsp3) is 0.889. The van der Waals surface area contributed by atoms with Gasteiger partial charge in [-0.1, -0.05) is 19.3 Å². The van der Waals surface area contributed by atoms with E-state index in [9.17, 15) is 9.90 Å². The molecule has 2 aliphatic rings. The predicted molar refractivity (Wildman–Crippen MR) is 110 cm³/mol. The maximum absolute atomic E-state index is 12.2. The summed E-state index contributed by atoms with van der Waals surface area (Å²) in [6.45, 7) is 7.59. The van der Waals surface area contributed by atoms with Gasteiger partial charge in [0.25, 0.3) is 0 Å². The Hall–Kier alpha value is -0.570. The minimum absolute atomic E-state index is 0. The molecule has 7 heteroatoms. The number of guanidine groups is 1. The number of likely N-dealkylation sites (tertiary alicyclic amines) is 1. The highest BCUT2D eigenvalue weighted by molar-refractivity contribution is 14.0. The molecule has 2 fully saturated rings. The molecule has 0 spiro atoms. The van der Waals surface area contributed by atoms with E-state index in [1.54, 1.807) is 7.05 Å². The number of carbonyl (C=O) groups is 1. The summed E-state index contributed by atoms with van der Waals surface area (Å²) in [6, 6.07) is 0. The summed E-state index contributed by atoms with van der Waals surface area (Å²) in [7, 11) is 1.74. The fourth-order valence-electron chi connectivity index (χ4n) is 3.49. The highest BCUT2D eigenvalue weighted by Crippen LogP contribution is 2.27. The number of hydrogen-bond donors (Lipinski definition) is 2. The SMILES string of the molecule is CN=C(NCC1(O)CCCCC1)N1CCC(C(=O)OC(C)(C)C)C1.I. The predicted octanol–water partition coefficient (Wildman–Crippen LogP) is 2.54. The smallest absolute Gasteiger partial charge is 0.311 e. The van der Waals surface area contributed by atoms with E-state index in [2.05, 4.69) is 15.2 Å². The molecular formula is C18H34IN3O3. The second-order valence-corrected chi connectivity index (χ2v) is 8.15. The second-order valence-electron chi connectivity index (χ2n) is 8.15. The van der Waals surface area contributed by atoms with Gasteiger partial charge in [-0.2, -0.15) is 0 Å². The highest BCUT2D eigenvalue weighted by atomic mass is 127. The standard InChI is InChI=1S/C18H33N3O3.HI/c1-17(2,3)24-15(22)14-8-11-21(12-14)16(19-4)20-13-18(23)9-6-5-7-10-18;/h14,23H,5-13H2,1-4H3,(H,19,20);1H. The minimum atomic E-state index is -0.627. The van der Waals surface area contributed by atoms with Gasteiger partial charge in [-0.25, -0.2) is 0 Å². The summed E-state index contributed by atoms with van der Waals surface area (Å²) in [5.74, 6) is 0.520. The van der Waals surface area contributed by atoms with E-state index in [0.717, 1.165) is 44.6 Å². The Kier molecular flexibility index (Phi) is 8.44. The van der Waals surface area contributed by atoms with Crippen molar-refractivity contribution in [3.63, 3.8) is 0 Å². The molecule has 0 aromatic rings. The topological polar surface area (TPSA) is 74.2 Å². The van der Waals surface area contributed by atoms with Crippen molar-refractivity contribution < 1.29 is 14.6 Å². The maximum atomic E-state index is 12.2. The van der Waals surface area contributed by atoms with Gasteiger partial charge in [-0.3, -0.25) is 9.79 Å². The molecule has 0 aromatic heterocycles. The van der Waals surface area contributed by atoms with Crippen LogP contribution in [0.5, 0.6) is 0 Å². The Morgan fingerprint density at radius 3 is 2.52 bits per heavy atom. The van der Waals surface area contributed by atoms with Gasteiger partial charge in [0.2, 0.25) is 0 Å². The zero-order chi connectivity index (χ0) is 17.8. The summed E-state index contributed by atoms with van der Waals surface area (Å²) in [6.07, 6.45) is 5.85. The number of aliphatic imine (C=N–C) groups is 1. The van der Waals surface area contributed by atoms with Crippen LogP contribution in [0.15, 0.2) is 4.99 Å². The molecule has 25 heavy (non-hydrogen) atoms. The van der Waals surface area contributed by atoms with Crippen LogP contribution >= 0.6 is 24.0 Å². The van der Waals surface area contributed by atoms with Crippen LogP contribution < -0.4 is 5.32 Å². The second kappa shape index (κ2) is 9.39. The maximum Gasteiger partial charge on any atom is 0.311 e. The van der Waals surface area contributed by atoms with E-state index in [1.807, 2.05) is 20.8 Å². The molecule has 1 aliphatic heterocycles. The summed E-state index contributed by atoms with van der Waals surface area (Å²) in [4.78, 5) is 18.6. The van der Waals surface area contributed by atoms with Crippen molar-refractivity contribution in [2.45, 2.75) is 70.5 Å². The Bertz CT molecular complexity index is 471. The minimum Gasteiger partial charge on any atom is -0.460 e. The lowest BCUT2D eigenvalue weighted by Gasteiger charge is -2.33. The first-order valence-electron chi connectivity index (χ1n) is 9.13. The molecule has 1 saturated heterocycles. The molecule has 6 nitrogen and oxygen atoms in total. The average molecular weight is 467 g/mol. The molecule has 2 rings (SSSR count). The van der Waals surface area contributed by atoms with Crippen molar-refractivity contribution in [1.82, 2.24) is 10.2 Å². The lowest BCUT2D eigenvalue weighted by atomic mass is 9.85. The third-order valence-corrected chi connectivity index (χ3v) is 4.80. The van der Waals surface area contributed by atoms with E-state index in [0.29, 0.717) is 13.1 Å². The van der Waals surface area contributed by atoms with Crippen LogP contribution in [0.3, 0.4) is 0 Å². The largest absolute Gasteiger partial charge is 0.460 e. The summed E-state index contributed by atoms with van der Waals surface area (Å²) < 4.78 is 5.49. The van der Waals surface area contributed by atoms with Gasteiger partial charge in [-0.05, 0) is 40.0 Å². The zero-order valence-corrected chi connectivity index (χ0v) is 18.3. The number of nitrogens with one attached hydrogen (secondary N) is 1. The molecule has 1 heterocycles. The van der Waals surface area contributed by atoms with Crippen molar-refractivity contribution in [2.24, 2.45) is 10.9 Å². The number of nitrogens with zero attached hydrogens (tertiary/aromatic N) is 2. The average Bonchev–Trinajstić information content (AvgIpc) is 2.97. The summed E-state index contributed by atoms with van der Waals surface area (Å²) in [5.41, 5.74) is -1.08. The van der Waals surface area contributed by atoms with Crippen LogP contribution in [0.25, 0.3) is 0 Å². The van der Waals surface area contributed by atoms with E-state index in [1.165, 1.54) is 6.42 Å². The number of hydrogen-bond acceptors (Lipinski definition) is 4. The molecule has 1 atom stereocenters. The monoisotopic (exact) mass is 467 g/mol. The number of carbonyl (C=O) groups excluding carboxylic acids is 1. The van der Waals surface area contributed by atoms with Gasteiger partial charge in [0.15, 0.2) is 5.96 Å². The molecule has 146 valence electrons. The molecule has 0 radical (unpaired) electrons. The van der Waals surface area contributed by atoms with Crippen molar-refractivity contribution >= 4 is 35.9 Å². The van der Waals surface area contributed by atoms with Crippen LogP contribution in [0.4, 0.5) is 0 Å². The number of halogens is 1. The number of aliphatic hydroxyl groups is 1. The zero-order valence-electron chi connectivity index (χ0n) is 16.0. The van der Waals surface area contributed by atoms with E-state index < -0.39 is 11.2 Å². The summed E-state index contributed by atoms with van der Waals surface area (Å²) >= 11 is 0. The van der Waals surface area contributed by atoms with Crippen molar-refractivity contribution in [3.8, 4) is 0 Å². The van der Waals surface area contributed by atoms with E-state index in [4.69, 9.17) is 4.74 Å². The first-order valence-corrected chi connectivity index (χ1v) is 9.13. The molecular weight excluding hydrogens is 433 g/mol. The Morgan fingerprint density at radius 2 is 1.96 bits per heavy atom. The van der Waals surface area contributed by atoms with Gasteiger partial charge in [0.1, 0.15) is 5.60 Å². The Labute approximate surface area is 168 Å². The molecule has 1 unspecified atom stereocenters. The van der Waals surface area contributed by atoms with E-state index >= 15 is 0 Å². The van der Waals surface area contributed by atoms with Crippen molar-refractivity contribution in [1.29, 1.82) is 0 Å². The van der Waals surface area contributed by atoms with Gasteiger partial charge >= 0.3 is 5.97 Å². The van der Waals surface area contributed by atoms with Crippen LogP contribution in [0, 0.1) is 5.92 Å². The fourth-order valence-corrected chi connectivity index (χ4v) is 3.49. The molecule has 0 bridgehead atoms. The first-order chi connectivity index (χ1) is 11.2. The van der Waals surface area contributed by atoms with Crippen LogP contribution in [-0.4, -0.2) is 59.8 Å². The highest BCUT2D eigenvalue weighted by Gasteiger charge is 2.34. The van der Waals surface area contributed by atoms with Crippen LogP contribution in [0.1, 0.15) is 59.3 Å². The Morgan fingerprint density at radius 1 is 1.32 bits per heavy atom. The van der Waals surface area contributed by atoms with Gasteiger partial charge in [0, 0.05) is 26.7 Å². The van der Waals surface area contributed by atoms with Crippen LogP contribution in [-0.2, 0) is 9.53 Å². The lowest BCUT2D eigenvalue weighted by molar-refractivity contribution is -0.159. The number of ether oxygens (including phenoxy) is 1. The molecule has 0 aromatic carbocycles. The Balaban J connectivity index is 0.00000312. The first kappa shape index (κ1) is 22.5. The van der Waals surface area contributed by atoms with Crippen molar-refractivity contribution in [3.05, 3.63) is 0 Å². The third-order valence-electron chi connectivity index (χ3n) is 4.80. The van der Waals surface area contributed by atoms with Crippen LogP contribution in [0.2, 0.25) is 0 Å². The molecule has 1 aliphatic carbocycles. The summed E-state index contributed by atoms with van der Waals surface area (Å²) in [5, 5.41) is 13.9. The third kappa shape index (κ3) is 6.92. The molecule has 2 N–H and O–H groups in total. The van der Waals surface area contributed by atoms with Gasteiger partial charge in [0.05, 0.1) is 11.5 Å². The molecule has 0 amide bonds. The van der Waals surface area contributed by atoms with Gasteiger partial charge < -0.3 is 20.1 Å².